The summed E-state index contributed by atoms with van der Waals surface area (Å²) in [5, 5.41) is 11.8. The van der Waals surface area contributed by atoms with Crippen molar-refractivity contribution in [1.82, 2.24) is 0 Å². The number of thioether (sulfide) groups is 2. The molecule has 3 aromatic rings. The molecule has 3 aromatic carbocycles. The Labute approximate surface area is 234 Å². The monoisotopic (exact) mass is 566 g/mol. The molecule has 2 aliphatic rings. The van der Waals surface area contributed by atoms with Crippen LogP contribution in [0.3, 0.4) is 0 Å². The van der Waals surface area contributed by atoms with Crippen molar-refractivity contribution < 1.29 is 38.4 Å². The number of esters is 3. The lowest BCUT2D eigenvalue weighted by atomic mass is 9.98. The van der Waals surface area contributed by atoms with E-state index in [1.807, 2.05) is 0 Å². The Bertz CT molecular complexity index is 1290. The van der Waals surface area contributed by atoms with Gasteiger partial charge in [-0.15, -0.1) is 23.5 Å². The second-order valence-corrected chi connectivity index (χ2v) is 11.4. The van der Waals surface area contributed by atoms with Crippen molar-refractivity contribution in [3.8, 4) is 0 Å². The van der Waals surface area contributed by atoms with Gasteiger partial charge < -0.3 is 24.1 Å². The van der Waals surface area contributed by atoms with E-state index in [0.29, 0.717) is 17.1 Å². The van der Waals surface area contributed by atoms with E-state index in [-0.39, 0.29) is 17.7 Å². The van der Waals surface area contributed by atoms with Crippen LogP contribution in [0.25, 0.3) is 0 Å². The van der Waals surface area contributed by atoms with Gasteiger partial charge in [0.05, 0.1) is 16.7 Å². The summed E-state index contributed by atoms with van der Waals surface area (Å²) >= 11 is 2.54. The fraction of sp³-hybridized carbons (Fsp3) is 0.276. The van der Waals surface area contributed by atoms with E-state index in [1.165, 1.54) is 23.5 Å². The van der Waals surface area contributed by atoms with Crippen LogP contribution in [0.15, 0.2) is 91.0 Å². The van der Waals surface area contributed by atoms with Gasteiger partial charge in [0.15, 0.2) is 17.1 Å². The Morgan fingerprint density at radius 1 is 0.769 bits per heavy atom. The standard InChI is InChI=1S/C29H26O8S2/c30-25(19-10-4-1-5-11-19)34-18-22-23(36-26(31)20-12-6-2-7-13-20)24(29(33)28(35-22)38-16-17-39-29)37-27(32)21-14-8-3-9-15-21/h1-15,22-24,28,33H,16-18H2/t22-,23-,24+,28+,29+/m1/s1. The van der Waals surface area contributed by atoms with Crippen LogP contribution in [0, 0.1) is 0 Å². The average molecular weight is 567 g/mol. The zero-order valence-electron chi connectivity index (χ0n) is 20.7. The van der Waals surface area contributed by atoms with Crippen LogP contribution < -0.4 is 0 Å². The second-order valence-electron chi connectivity index (χ2n) is 8.87. The van der Waals surface area contributed by atoms with Gasteiger partial charge in [0.2, 0.25) is 0 Å². The van der Waals surface area contributed by atoms with Crippen molar-refractivity contribution in [2.75, 3.05) is 18.1 Å². The number of ether oxygens (including phenoxy) is 4. The SMILES string of the molecule is O=C(OC[C@H]1O[C@H]2SCCS[C@@]2(O)[C@@H](OC(=O)c2ccccc2)[C@@H]1OC(=O)c1ccccc1)c1ccccc1. The average Bonchev–Trinajstić information content (AvgIpc) is 2.98. The third kappa shape index (κ3) is 6.14. The topological polar surface area (TPSA) is 108 Å². The number of carbonyl (C=O) groups excluding carboxylic acids is 3. The molecule has 2 aliphatic heterocycles. The molecule has 39 heavy (non-hydrogen) atoms. The largest absolute Gasteiger partial charge is 0.459 e. The van der Waals surface area contributed by atoms with E-state index < -0.39 is 46.6 Å². The zero-order chi connectivity index (χ0) is 27.2. The molecule has 1 N–H and O–H groups in total. The third-order valence-corrected chi connectivity index (χ3v) is 9.22. The van der Waals surface area contributed by atoms with Gasteiger partial charge in [-0.1, -0.05) is 54.6 Å². The molecule has 10 heteroatoms. The summed E-state index contributed by atoms with van der Waals surface area (Å²) in [6.07, 6.45) is -3.60. The summed E-state index contributed by atoms with van der Waals surface area (Å²) in [6.45, 7) is -0.294. The summed E-state index contributed by atoms with van der Waals surface area (Å²) in [7, 11) is 0. The van der Waals surface area contributed by atoms with E-state index in [4.69, 9.17) is 18.9 Å². The maximum atomic E-state index is 13.2. The number of hydrogen-bond donors (Lipinski definition) is 1. The molecule has 202 valence electrons. The van der Waals surface area contributed by atoms with Crippen LogP contribution in [-0.4, -0.2) is 69.8 Å². The van der Waals surface area contributed by atoms with Crippen molar-refractivity contribution in [1.29, 1.82) is 0 Å². The minimum atomic E-state index is -1.71. The van der Waals surface area contributed by atoms with Gasteiger partial charge in [0.25, 0.3) is 0 Å². The highest BCUT2D eigenvalue weighted by Crippen LogP contribution is 2.49. The molecule has 0 unspecified atom stereocenters. The molecule has 0 aliphatic carbocycles. The van der Waals surface area contributed by atoms with Gasteiger partial charge in [-0.05, 0) is 36.4 Å². The minimum Gasteiger partial charge on any atom is -0.459 e. The van der Waals surface area contributed by atoms with Crippen LogP contribution in [0.4, 0.5) is 0 Å². The number of aliphatic hydroxyl groups is 1. The van der Waals surface area contributed by atoms with Gasteiger partial charge in [-0.25, -0.2) is 14.4 Å². The lowest BCUT2D eigenvalue weighted by Crippen LogP contribution is -2.67. The van der Waals surface area contributed by atoms with Gasteiger partial charge in [-0.2, -0.15) is 0 Å². The molecular weight excluding hydrogens is 540 g/mol. The highest BCUT2D eigenvalue weighted by Gasteiger charge is 2.61. The maximum absolute atomic E-state index is 13.2. The van der Waals surface area contributed by atoms with E-state index >= 15 is 0 Å². The quantitative estimate of drug-likeness (QED) is 0.330. The normalized spacial score (nSPS) is 26.1. The van der Waals surface area contributed by atoms with Crippen molar-refractivity contribution in [3.63, 3.8) is 0 Å². The highest BCUT2D eigenvalue weighted by molar-refractivity contribution is 8.07. The van der Waals surface area contributed by atoms with Gasteiger partial charge >= 0.3 is 17.9 Å². The Hall–Kier alpha value is -3.31. The fourth-order valence-electron chi connectivity index (χ4n) is 4.33. The van der Waals surface area contributed by atoms with Gasteiger partial charge in [-0.3, -0.25) is 0 Å². The molecule has 5 atom stereocenters. The Balaban J connectivity index is 1.46. The molecule has 0 aromatic heterocycles. The van der Waals surface area contributed by atoms with Crippen molar-refractivity contribution >= 4 is 41.4 Å². The van der Waals surface area contributed by atoms with Gasteiger partial charge in [0, 0.05) is 11.5 Å². The Morgan fingerprint density at radius 2 is 1.28 bits per heavy atom. The molecular formula is C29H26O8S2. The molecule has 2 heterocycles. The van der Waals surface area contributed by atoms with Crippen LogP contribution in [0.5, 0.6) is 0 Å². The highest BCUT2D eigenvalue weighted by atomic mass is 32.2. The van der Waals surface area contributed by atoms with Crippen molar-refractivity contribution in [3.05, 3.63) is 108 Å². The second kappa shape index (κ2) is 12.3. The van der Waals surface area contributed by atoms with Crippen LogP contribution in [0.1, 0.15) is 31.1 Å². The first-order valence-corrected chi connectivity index (χ1v) is 14.4. The number of rotatable bonds is 7. The van der Waals surface area contributed by atoms with E-state index in [9.17, 15) is 19.5 Å². The number of carbonyl (C=O) groups is 3. The Kier molecular flexibility index (Phi) is 8.56. The number of benzene rings is 3. The molecule has 0 saturated carbocycles. The zero-order valence-corrected chi connectivity index (χ0v) is 22.3. The van der Waals surface area contributed by atoms with Crippen LogP contribution in [0.2, 0.25) is 0 Å². The lowest BCUT2D eigenvalue weighted by Gasteiger charge is -2.51. The fourth-order valence-corrected chi connectivity index (χ4v) is 7.13. The molecule has 0 radical (unpaired) electrons. The molecule has 8 nitrogen and oxygen atoms in total. The minimum absolute atomic E-state index is 0.269. The van der Waals surface area contributed by atoms with E-state index in [2.05, 4.69) is 0 Å². The molecule has 2 fully saturated rings. The van der Waals surface area contributed by atoms with Crippen molar-refractivity contribution in [2.24, 2.45) is 0 Å². The smallest absolute Gasteiger partial charge is 0.338 e. The number of hydrogen-bond acceptors (Lipinski definition) is 10. The lowest BCUT2D eigenvalue weighted by molar-refractivity contribution is -0.219. The predicted molar refractivity (Wildman–Crippen MR) is 147 cm³/mol. The molecule has 0 amide bonds. The first kappa shape index (κ1) is 27.3. The van der Waals surface area contributed by atoms with Crippen LogP contribution >= 0.6 is 23.5 Å². The number of fused-ring (bicyclic) bond motifs is 1. The summed E-state index contributed by atoms with van der Waals surface area (Å²) in [6, 6.07) is 25.1. The Morgan fingerprint density at radius 3 is 1.85 bits per heavy atom. The third-order valence-electron chi connectivity index (χ3n) is 6.28. The summed E-state index contributed by atoms with van der Waals surface area (Å²) in [5.41, 5.74) is 0.0671. The van der Waals surface area contributed by atoms with Gasteiger partial charge in [0.1, 0.15) is 18.1 Å². The first-order chi connectivity index (χ1) is 19.0. The molecule has 2 saturated heterocycles. The molecule has 0 spiro atoms. The predicted octanol–water partition coefficient (Wildman–Crippen LogP) is 4.19. The summed E-state index contributed by atoms with van der Waals surface area (Å²) in [4.78, 5) is 37.3. The molecule has 5 rings (SSSR count). The summed E-state index contributed by atoms with van der Waals surface area (Å²) < 4.78 is 23.5. The van der Waals surface area contributed by atoms with Crippen LogP contribution in [-0.2, 0) is 18.9 Å². The maximum Gasteiger partial charge on any atom is 0.338 e. The summed E-state index contributed by atoms with van der Waals surface area (Å²) in [5.74, 6) is -0.724. The first-order valence-electron chi connectivity index (χ1n) is 12.3. The van der Waals surface area contributed by atoms with E-state index in [1.54, 1.807) is 91.0 Å². The van der Waals surface area contributed by atoms with Crippen molar-refractivity contribution in [2.45, 2.75) is 28.7 Å². The molecule has 0 bridgehead atoms. The van der Waals surface area contributed by atoms with E-state index in [0.717, 1.165) is 0 Å².